The molecule has 5 heterocycles. The molecule has 0 saturated carbocycles. The minimum absolute atomic E-state index is 0.195. The van der Waals surface area contributed by atoms with Gasteiger partial charge in [-0.1, -0.05) is 5.16 Å². The Hall–Kier alpha value is -3.08. The smallest absolute Gasteiger partial charge is 0.259 e. The number of carbonyl (C=O) groups is 1. The number of aromatic nitrogens is 3. The lowest BCUT2D eigenvalue weighted by molar-refractivity contribution is -0.0707. The summed E-state index contributed by atoms with van der Waals surface area (Å²) in [6.45, 7) is 8.38. The summed E-state index contributed by atoms with van der Waals surface area (Å²) in [4.78, 5) is 24.6. The molecule has 4 aromatic heterocycles. The zero-order chi connectivity index (χ0) is 22.2. The number of thiazole rings is 1. The molecule has 5 rings (SSSR count). The molecule has 1 fully saturated rings. The Morgan fingerprint density at radius 1 is 1.28 bits per heavy atom. The second kappa shape index (κ2) is 8.45. The van der Waals surface area contributed by atoms with Crippen molar-refractivity contribution in [1.82, 2.24) is 20.0 Å². The van der Waals surface area contributed by atoms with Crippen LogP contribution in [0.15, 0.2) is 38.8 Å². The van der Waals surface area contributed by atoms with Crippen LogP contribution in [0.1, 0.15) is 35.6 Å². The molecule has 2 unspecified atom stereocenters. The highest BCUT2D eigenvalue weighted by Crippen LogP contribution is 2.28. The van der Waals surface area contributed by atoms with Gasteiger partial charge in [0.1, 0.15) is 5.69 Å². The molecule has 1 aliphatic heterocycles. The third-order valence-electron chi connectivity index (χ3n) is 5.29. The number of ether oxygens (including phenoxy) is 1. The fraction of sp³-hybridized carbons (Fsp3) is 0.364. The Bertz CT molecular complexity index is 1240. The van der Waals surface area contributed by atoms with E-state index in [0.717, 1.165) is 25.3 Å². The quantitative estimate of drug-likeness (QED) is 0.481. The third-order valence-corrected chi connectivity index (χ3v) is 6.09. The fourth-order valence-corrected chi connectivity index (χ4v) is 4.76. The number of carbonyl (C=O) groups excluding carboxylic acids is 1. The SMILES string of the molecule is Cc1noc2nc(-c3ccco3)cc(C(=O)Nc3nc(CN4CC(C)OC(C)C4)cs3)c12. The van der Waals surface area contributed by atoms with Gasteiger partial charge in [-0.25, -0.2) is 9.97 Å². The number of aryl methyl sites for hydroxylation is 1. The third kappa shape index (κ3) is 4.16. The van der Waals surface area contributed by atoms with E-state index in [-0.39, 0.29) is 23.8 Å². The van der Waals surface area contributed by atoms with Gasteiger partial charge in [-0.05, 0) is 39.0 Å². The Labute approximate surface area is 188 Å². The molecule has 10 heteroatoms. The average molecular weight is 454 g/mol. The van der Waals surface area contributed by atoms with Gasteiger partial charge in [0, 0.05) is 25.0 Å². The lowest BCUT2D eigenvalue weighted by Gasteiger charge is -2.34. The molecule has 32 heavy (non-hydrogen) atoms. The van der Waals surface area contributed by atoms with Crippen molar-refractivity contribution >= 4 is 33.5 Å². The summed E-state index contributed by atoms with van der Waals surface area (Å²) < 4.78 is 16.6. The van der Waals surface area contributed by atoms with E-state index in [9.17, 15) is 4.79 Å². The van der Waals surface area contributed by atoms with Crippen LogP contribution < -0.4 is 5.32 Å². The molecule has 1 aliphatic rings. The first-order valence-electron chi connectivity index (χ1n) is 10.4. The Morgan fingerprint density at radius 3 is 2.84 bits per heavy atom. The van der Waals surface area contributed by atoms with Gasteiger partial charge in [0.15, 0.2) is 10.9 Å². The van der Waals surface area contributed by atoms with E-state index >= 15 is 0 Å². The Morgan fingerprint density at radius 2 is 2.09 bits per heavy atom. The average Bonchev–Trinajstić information content (AvgIpc) is 3.49. The number of anilines is 1. The van der Waals surface area contributed by atoms with Crippen LogP contribution in [0.5, 0.6) is 0 Å². The van der Waals surface area contributed by atoms with Crippen LogP contribution in [0.25, 0.3) is 22.6 Å². The summed E-state index contributed by atoms with van der Waals surface area (Å²) in [7, 11) is 0. The molecular formula is C22H23N5O4S. The zero-order valence-corrected chi connectivity index (χ0v) is 18.8. The Balaban J connectivity index is 1.37. The molecule has 1 amide bonds. The molecule has 1 saturated heterocycles. The van der Waals surface area contributed by atoms with Crippen molar-refractivity contribution in [2.45, 2.75) is 39.5 Å². The van der Waals surface area contributed by atoms with E-state index in [1.165, 1.54) is 11.3 Å². The molecule has 0 spiro atoms. The normalized spacial score (nSPS) is 19.5. The van der Waals surface area contributed by atoms with Crippen LogP contribution in [0.3, 0.4) is 0 Å². The summed E-state index contributed by atoms with van der Waals surface area (Å²) >= 11 is 1.40. The highest BCUT2D eigenvalue weighted by atomic mass is 32.1. The number of furan rings is 1. The van der Waals surface area contributed by atoms with Crippen molar-refractivity contribution in [3.05, 3.63) is 46.8 Å². The van der Waals surface area contributed by atoms with Gasteiger partial charge >= 0.3 is 0 Å². The summed E-state index contributed by atoms with van der Waals surface area (Å²) in [6, 6.07) is 5.23. The van der Waals surface area contributed by atoms with Crippen molar-refractivity contribution in [2.75, 3.05) is 18.4 Å². The van der Waals surface area contributed by atoms with E-state index in [0.29, 0.717) is 33.2 Å². The second-order valence-electron chi connectivity index (χ2n) is 8.03. The largest absolute Gasteiger partial charge is 0.463 e. The summed E-state index contributed by atoms with van der Waals surface area (Å²) in [6.07, 6.45) is 1.95. The molecule has 0 aliphatic carbocycles. The van der Waals surface area contributed by atoms with Crippen molar-refractivity contribution in [3.8, 4) is 11.5 Å². The van der Waals surface area contributed by atoms with Crippen molar-refractivity contribution < 1.29 is 18.5 Å². The van der Waals surface area contributed by atoms with Crippen LogP contribution >= 0.6 is 11.3 Å². The molecule has 2 atom stereocenters. The van der Waals surface area contributed by atoms with Gasteiger partial charge < -0.3 is 13.7 Å². The summed E-state index contributed by atoms with van der Waals surface area (Å²) in [5.74, 6) is 0.242. The molecule has 1 N–H and O–H groups in total. The van der Waals surface area contributed by atoms with Crippen molar-refractivity contribution in [1.29, 1.82) is 0 Å². The maximum absolute atomic E-state index is 13.2. The van der Waals surface area contributed by atoms with Gasteiger partial charge in [0.2, 0.25) is 0 Å². The first kappa shape index (κ1) is 20.8. The standard InChI is InChI=1S/C22H23N5O4S/c1-12-8-27(9-13(2)30-12)10-15-11-32-22(23-15)25-20(28)16-7-17(18-5-4-6-29-18)24-21-19(16)14(3)26-31-21/h4-7,11-13H,8-10H2,1-3H3,(H,23,25,28). The number of nitrogens with zero attached hydrogens (tertiary/aromatic N) is 4. The number of pyridine rings is 1. The minimum atomic E-state index is -0.300. The number of morpholine rings is 1. The number of fused-ring (bicyclic) bond motifs is 1. The van der Waals surface area contributed by atoms with E-state index in [1.807, 2.05) is 5.38 Å². The van der Waals surface area contributed by atoms with Crippen molar-refractivity contribution in [2.24, 2.45) is 0 Å². The lowest BCUT2D eigenvalue weighted by Crippen LogP contribution is -2.44. The maximum atomic E-state index is 13.2. The minimum Gasteiger partial charge on any atom is -0.463 e. The van der Waals surface area contributed by atoms with Crippen molar-refractivity contribution in [3.63, 3.8) is 0 Å². The molecule has 0 bridgehead atoms. The zero-order valence-electron chi connectivity index (χ0n) is 18.0. The van der Waals surface area contributed by atoms with Crippen LogP contribution in [-0.2, 0) is 11.3 Å². The van der Waals surface area contributed by atoms with Gasteiger partial charge in [-0.2, -0.15) is 0 Å². The first-order valence-corrected chi connectivity index (χ1v) is 11.3. The molecule has 0 radical (unpaired) electrons. The van der Waals surface area contributed by atoms with Gasteiger partial charge in [0.25, 0.3) is 11.6 Å². The molecule has 166 valence electrons. The van der Waals surface area contributed by atoms with Crippen LogP contribution in [0.4, 0.5) is 5.13 Å². The second-order valence-corrected chi connectivity index (χ2v) is 8.89. The summed E-state index contributed by atoms with van der Waals surface area (Å²) in [5.41, 5.74) is 2.71. The van der Waals surface area contributed by atoms with Crippen LogP contribution in [-0.4, -0.2) is 51.2 Å². The van der Waals surface area contributed by atoms with Gasteiger partial charge in [0.05, 0.1) is 40.8 Å². The fourth-order valence-electron chi connectivity index (χ4n) is 4.07. The van der Waals surface area contributed by atoms with Gasteiger partial charge in [-0.3, -0.25) is 15.0 Å². The van der Waals surface area contributed by atoms with Crippen LogP contribution in [0, 0.1) is 6.92 Å². The number of rotatable bonds is 5. The van der Waals surface area contributed by atoms with E-state index in [2.05, 4.69) is 39.2 Å². The van der Waals surface area contributed by atoms with E-state index in [1.54, 1.807) is 31.4 Å². The van der Waals surface area contributed by atoms with Gasteiger partial charge in [-0.15, -0.1) is 11.3 Å². The van der Waals surface area contributed by atoms with E-state index < -0.39 is 0 Å². The molecular weight excluding hydrogens is 430 g/mol. The highest BCUT2D eigenvalue weighted by Gasteiger charge is 2.24. The number of nitrogens with one attached hydrogen (secondary N) is 1. The maximum Gasteiger partial charge on any atom is 0.259 e. The predicted molar refractivity (Wildman–Crippen MR) is 120 cm³/mol. The topological polar surface area (TPSA) is 107 Å². The number of hydrogen-bond acceptors (Lipinski definition) is 9. The molecule has 4 aromatic rings. The highest BCUT2D eigenvalue weighted by molar-refractivity contribution is 7.14. The Kier molecular flexibility index (Phi) is 5.50. The molecule has 9 nitrogen and oxygen atoms in total. The van der Waals surface area contributed by atoms with Crippen LogP contribution in [0.2, 0.25) is 0 Å². The molecule has 0 aromatic carbocycles. The number of amides is 1. The monoisotopic (exact) mass is 453 g/mol. The van der Waals surface area contributed by atoms with E-state index in [4.69, 9.17) is 13.7 Å². The summed E-state index contributed by atoms with van der Waals surface area (Å²) in [5, 5.41) is 9.97. The number of hydrogen-bond donors (Lipinski definition) is 1. The lowest BCUT2D eigenvalue weighted by atomic mass is 10.1. The predicted octanol–water partition coefficient (Wildman–Crippen LogP) is 4.11. The first-order chi connectivity index (χ1) is 15.5.